The first-order valence-corrected chi connectivity index (χ1v) is 18.5. The molecule has 1 saturated heterocycles. The van der Waals surface area contributed by atoms with Gasteiger partial charge >= 0.3 is 7.12 Å². The Morgan fingerprint density at radius 3 is 1.77 bits per heavy atom. The summed E-state index contributed by atoms with van der Waals surface area (Å²) in [6, 6.07) is 1.26. The summed E-state index contributed by atoms with van der Waals surface area (Å²) in [5.74, 6) is 0.171. The van der Waals surface area contributed by atoms with Crippen molar-refractivity contribution < 1.29 is 13.7 Å². The highest BCUT2D eigenvalue weighted by atomic mass is 28.4. The Balaban J connectivity index is 2.43. The molecule has 0 aromatic rings. The Morgan fingerprint density at radius 1 is 0.935 bits per heavy atom. The molecule has 180 valence electrons. The maximum atomic E-state index is 7.35. The second kappa shape index (κ2) is 9.40. The van der Waals surface area contributed by atoms with E-state index in [0.29, 0.717) is 16.6 Å². The van der Waals surface area contributed by atoms with Crippen LogP contribution in [-0.4, -0.2) is 40.8 Å². The molecule has 6 heteroatoms. The first-order chi connectivity index (χ1) is 13.9. The molecule has 0 saturated carbocycles. The SMILES string of the molecule is CC(C)[Si](O[C@H]1CCC(C[Si](C)(C)C)=C[C@@H]1B1OC(C)(C)C(C)(C)O1)(C(C)C)C(C)C. The maximum absolute atomic E-state index is 7.35. The lowest BCUT2D eigenvalue weighted by Crippen LogP contribution is -2.52. The molecule has 0 bridgehead atoms. The summed E-state index contributed by atoms with van der Waals surface area (Å²) in [6.07, 6.45) is 4.93. The van der Waals surface area contributed by atoms with E-state index in [1.807, 2.05) is 0 Å². The first kappa shape index (κ1) is 27.4. The third-order valence-corrected chi connectivity index (χ3v) is 15.7. The van der Waals surface area contributed by atoms with Crippen molar-refractivity contribution in [2.45, 2.75) is 148 Å². The minimum atomic E-state index is -1.98. The molecule has 0 spiro atoms. The smallest absolute Gasteiger partial charge is 0.413 e. The van der Waals surface area contributed by atoms with Crippen LogP contribution in [0, 0.1) is 0 Å². The van der Waals surface area contributed by atoms with Crippen LogP contribution in [0.2, 0.25) is 48.1 Å². The minimum absolute atomic E-state index is 0.171. The lowest BCUT2D eigenvalue weighted by molar-refractivity contribution is 0.00578. The van der Waals surface area contributed by atoms with Crippen LogP contribution in [0.15, 0.2) is 11.6 Å². The second-order valence-corrected chi connectivity index (χ2v) is 24.2. The molecule has 1 aliphatic carbocycles. The van der Waals surface area contributed by atoms with E-state index < -0.39 is 16.4 Å². The van der Waals surface area contributed by atoms with Crippen molar-refractivity contribution in [1.29, 1.82) is 0 Å². The van der Waals surface area contributed by atoms with Gasteiger partial charge in [0.05, 0.1) is 17.3 Å². The molecule has 0 radical (unpaired) electrons. The molecule has 2 rings (SSSR count). The van der Waals surface area contributed by atoms with Gasteiger partial charge in [-0.25, -0.2) is 0 Å². The molecule has 1 heterocycles. The van der Waals surface area contributed by atoms with E-state index in [2.05, 4.69) is 95.0 Å². The number of rotatable bonds is 8. The van der Waals surface area contributed by atoms with Crippen LogP contribution in [0.4, 0.5) is 0 Å². The van der Waals surface area contributed by atoms with Gasteiger partial charge < -0.3 is 13.7 Å². The Hall–Kier alpha value is 0.119. The summed E-state index contributed by atoms with van der Waals surface area (Å²) in [7, 11) is -3.39. The largest absolute Gasteiger partial charge is 0.467 e. The molecular weight excluding hydrogens is 415 g/mol. The fourth-order valence-corrected chi connectivity index (χ4v) is 13.2. The zero-order valence-corrected chi connectivity index (χ0v) is 24.9. The van der Waals surface area contributed by atoms with E-state index in [9.17, 15) is 0 Å². The molecule has 1 aliphatic heterocycles. The molecule has 2 atom stereocenters. The van der Waals surface area contributed by atoms with Crippen LogP contribution in [0.3, 0.4) is 0 Å². The summed E-state index contributed by atoms with van der Waals surface area (Å²) in [5.41, 5.74) is 2.73. The maximum Gasteiger partial charge on any atom is 0.467 e. The normalized spacial score (nSPS) is 26.8. The van der Waals surface area contributed by atoms with Crippen molar-refractivity contribution in [1.82, 2.24) is 0 Å². The lowest BCUT2D eigenvalue weighted by Gasteiger charge is -2.47. The Morgan fingerprint density at radius 2 is 1.39 bits per heavy atom. The molecule has 1 fully saturated rings. The third kappa shape index (κ3) is 5.79. The standard InChI is InChI=1S/C25H51BO3Si2/c1-18(2)31(19(3)4,20(5)6)27-23-15-14-21(17-30(11,12)13)16-22(23)26-28-24(7,8)25(9,10)29-26/h16,18-20,22-23H,14-15,17H2,1-13H3/t22-,23-/m0/s1. The number of hydrogen-bond acceptors (Lipinski definition) is 3. The molecule has 2 aliphatic rings. The number of allylic oxidation sites excluding steroid dienone is 1. The van der Waals surface area contributed by atoms with E-state index in [4.69, 9.17) is 13.7 Å². The molecule has 0 unspecified atom stereocenters. The van der Waals surface area contributed by atoms with Crippen LogP contribution in [-0.2, 0) is 13.7 Å². The predicted molar refractivity (Wildman–Crippen MR) is 141 cm³/mol. The third-order valence-electron chi connectivity index (χ3n) is 8.01. The Kier molecular flexibility index (Phi) is 8.30. The van der Waals surface area contributed by atoms with Crippen molar-refractivity contribution in [3.05, 3.63) is 11.6 Å². The van der Waals surface area contributed by atoms with E-state index in [-0.39, 0.29) is 30.2 Å². The molecule has 3 nitrogen and oxygen atoms in total. The van der Waals surface area contributed by atoms with Gasteiger partial charge in [0.1, 0.15) is 0 Å². The molecule has 0 aromatic heterocycles. The van der Waals surface area contributed by atoms with Gasteiger partial charge in [0.25, 0.3) is 0 Å². The van der Waals surface area contributed by atoms with Gasteiger partial charge in [0.15, 0.2) is 0 Å². The van der Waals surface area contributed by atoms with Gasteiger partial charge in [0.2, 0.25) is 8.32 Å². The van der Waals surface area contributed by atoms with Crippen LogP contribution < -0.4 is 0 Å². The quantitative estimate of drug-likeness (QED) is 0.267. The van der Waals surface area contributed by atoms with Crippen molar-refractivity contribution in [2.24, 2.45) is 0 Å². The van der Waals surface area contributed by atoms with E-state index in [1.54, 1.807) is 5.57 Å². The molecule has 31 heavy (non-hydrogen) atoms. The highest BCUT2D eigenvalue weighted by molar-refractivity contribution is 6.78. The fourth-order valence-electron chi connectivity index (χ4n) is 5.92. The van der Waals surface area contributed by atoms with Crippen LogP contribution in [0.25, 0.3) is 0 Å². The fraction of sp³-hybridized carbons (Fsp3) is 0.920. The molecular formula is C25H51BO3Si2. The summed E-state index contributed by atoms with van der Waals surface area (Å²) in [5, 5.41) is 0. The summed E-state index contributed by atoms with van der Waals surface area (Å²) in [6.45, 7) is 30.3. The second-order valence-electron chi connectivity index (χ2n) is 13.3. The zero-order chi connectivity index (χ0) is 24.0. The summed E-state index contributed by atoms with van der Waals surface area (Å²) in [4.78, 5) is 0. The molecule has 0 N–H and O–H groups in total. The highest BCUT2D eigenvalue weighted by Crippen LogP contribution is 2.49. The van der Waals surface area contributed by atoms with Gasteiger partial charge in [-0.2, -0.15) is 0 Å². The zero-order valence-electron chi connectivity index (χ0n) is 22.9. The average Bonchev–Trinajstić information content (AvgIpc) is 2.78. The monoisotopic (exact) mass is 466 g/mol. The van der Waals surface area contributed by atoms with Crippen molar-refractivity contribution in [3.8, 4) is 0 Å². The van der Waals surface area contributed by atoms with Gasteiger partial charge in [-0.3, -0.25) is 0 Å². The van der Waals surface area contributed by atoms with Gasteiger partial charge in [0, 0.05) is 13.9 Å². The van der Waals surface area contributed by atoms with Crippen molar-refractivity contribution >= 4 is 23.5 Å². The van der Waals surface area contributed by atoms with Crippen molar-refractivity contribution in [3.63, 3.8) is 0 Å². The number of hydrogen-bond donors (Lipinski definition) is 0. The van der Waals surface area contributed by atoms with Gasteiger partial charge in [-0.15, -0.1) is 0 Å². The van der Waals surface area contributed by atoms with Crippen LogP contribution in [0.1, 0.15) is 82.1 Å². The molecule has 0 amide bonds. The summed E-state index contributed by atoms with van der Waals surface area (Å²) < 4.78 is 20.5. The van der Waals surface area contributed by atoms with Crippen molar-refractivity contribution in [2.75, 3.05) is 0 Å². The highest BCUT2D eigenvalue weighted by Gasteiger charge is 2.57. The van der Waals surface area contributed by atoms with Crippen LogP contribution >= 0.6 is 0 Å². The van der Waals surface area contributed by atoms with Crippen LogP contribution in [0.5, 0.6) is 0 Å². The average molecular weight is 467 g/mol. The van der Waals surface area contributed by atoms with Gasteiger partial charge in [-0.1, -0.05) is 72.8 Å². The topological polar surface area (TPSA) is 27.7 Å². The Labute approximate surface area is 196 Å². The lowest BCUT2D eigenvalue weighted by atomic mass is 9.64. The van der Waals surface area contributed by atoms with E-state index in [0.717, 1.165) is 12.8 Å². The summed E-state index contributed by atoms with van der Waals surface area (Å²) >= 11 is 0. The molecule has 0 aromatic carbocycles. The predicted octanol–water partition coefficient (Wildman–Crippen LogP) is 8.07. The minimum Gasteiger partial charge on any atom is -0.413 e. The Bertz CT molecular complexity index is 612. The van der Waals surface area contributed by atoms with E-state index >= 15 is 0 Å². The van der Waals surface area contributed by atoms with E-state index in [1.165, 1.54) is 6.04 Å². The van der Waals surface area contributed by atoms with Gasteiger partial charge in [-0.05, 0) is 63.2 Å². The first-order valence-electron chi connectivity index (χ1n) is 12.7.